The molecule has 0 bridgehead atoms. The highest BCUT2D eigenvalue weighted by molar-refractivity contribution is 6.30. The Morgan fingerprint density at radius 2 is 1.72 bits per heavy atom. The molecule has 5 heteroatoms. The molecule has 1 aliphatic heterocycles. The standard InChI is InChI=1S/C24H23ClN2O2/c1-14-6-12-18(13-7-14)27-24(29)21-15(2)26-19-4-3-5-20(28)23(19)22(21)16-8-10-17(25)11-9-16/h6-13,22,26H,3-5H2,1-2H3,(H,27,29)/t22-/m0/s1. The van der Waals surface area contributed by atoms with E-state index in [9.17, 15) is 9.59 Å². The predicted molar refractivity (Wildman–Crippen MR) is 116 cm³/mol. The number of benzene rings is 2. The van der Waals surface area contributed by atoms with Crippen LogP contribution in [0.5, 0.6) is 0 Å². The second-order valence-electron chi connectivity index (χ2n) is 7.64. The molecular formula is C24H23ClN2O2. The monoisotopic (exact) mass is 406 g/mol. The van der Waals surface area contributed by atoms with Crippen molar-refractivity contribution in [1.29, 1.82) is 0 Å². The zero-order valence-electron chi connectivity index (χ0n) is 16.5. The van der Waals surface area contributed by atoms with Crippen molar-refractivity contribution in [3.8, 4) is 0 Å². The number of ketones is 1. The van der Waals surface area contributed by atoms with Crippen LogP contribution in [0.3, 0.4) is 0 Å². The first-order valence-electron chi connectivity index (χ1n) is 9.81. The number of dihydropyridines is 1. The number of anilines is 1. The Kier molecular flexibility index (Phi) is 5.29. The topological polar surface area (TPSA) is 58.2 Å². The third kappa shape index (κ3) is 3.85. The normalized spacial score (nSPS) is 19.0. The Labute approximate surface area is 175 Å². The van der Waals surface area contributed by atoms with Crippen LogP contribution in [0.4, 0.5) is 5.69 Å². The quantitative estimate of drug-likeness (QED) is 0.731. The van der Waals surface area contributed by atoms with E-state index in [1.165, 1.54) is 0 Å². The lowest BCUT2D eigenvalue weighted by Crippen LogP contribution is -2.35. The number of Topliss-reactive ketones (excluding diaryl/α,β-unsaturated/α-hetero) is 1. The van der Waals surface area contributed by atoms with E-state index < -0.39 is 5.92 Å². The minimum absolute atomic E-state index is 0.104. The van der Waals surface area contributed by atoms with Crippen LogP contribution in [0.1, 0.15) is 43.2 Å². The van der Waals surface area contributed by atoms with Gasteiger partial charge in [-0.05, 0) is 56.5 Å². The molecule has 2 aromatic rings. The fraction of sp³-hybridized carbons (Fsp3) is 0.250. The maximum atomic E-state index is 13.3. The van der Waals surface area contributed by atoms with Crippen molar-refractivity contribution < 1.29 is 9.59 Å². The number of amides is 1. The maximum Gasteiger partial charge on any atom is 0.254 e. The van der Waals surface area contributed by atoms with Crippen molar-refractivity contribution in [2.24, 2.45) is 0 Å². The maximum absolute atomic E-state index is 13.3. The zero-order chi connectivity index (χ0) is 20.5. The lowest BCUT2D eigenvalue weighted by molar-refractivity contribution is -0.116. The summed E-state index contributed by atoms with van der Waals surface area (Å²) in [4.78, 5) is 26.2. The molecule has 0 saturated carbocycles. The van der Waals surface area contributed by atoms with Crippen LogP contribution < -0.4 is 10.6 Å². The largest absolute Gasteiger partial charge is 0.362 e. The number of hydrogen-bond acceptors (Lipinski definition) is 3. The minimum Gasteiger partial charge on any atom is -0.362 e. The van der Waals surface area contributed by atoms with Gasteiger partial charge in [-0.2, -0.15) is 0 Å². The number of allylic oxidation sites excluding steroid dienone is 3. The van der Waals surface area contributed by atoms with Gasteiger partial charge in [0.25, 0.3) is 5.91 Å². The molecule has 1 aliphatic carbocycles. The highest BCUT2D eigenvalue weighted by Crippen LogP contribution is 2.42. The average molecular weight is 407 g/mol. The van der Waals surface area contributed by atoms with E-state index in [0.29, 0.717) is 22.6 Å². The molecule has 148 valence electrons. The van der Waals surface area contributed by atoms with E-state index in [4.69, 9.17) is 11.6 Å². The van der Waals surface area contributed by atoms with E-state index >= 15 is 0 Å². The van der Waals surface area contributed by atoms with Gasteiger partial charge in [-0.1, -0.05) is 41.4 Å². The van der Waals surface area contributed by atoms with Gasteiger partial charge in [0.05, 0.1) is 0 Å². The Balaban J connectivity index is 1.77. The molecule has 0 unspecified atom stereocenters. The molecule has 1 atom stereocenters. The zero-order valence-corrected chi connectivity index (χ0v) is 17.3. The molecule has 4 nitrogen and oxygen atoms in total. The Morgan fingerprint density at radius 1 is 1.03 bits per heavy atom. The molecule has 2 aliphatic rings. The van der Waals surface area contributed by atoms with Crippen molar-refractivity contribution in [3.05, 3.63) is 87.2 Å². The summed E-state index contributed by atoms with van der Waals surface area (Å²) in [7, 11) is 0. The number of aryl methyl sites for hydroxylation is 1. The van der Waals surface area contributed by atoms with Crippen LogP contribution in [-0.2, 0) is 9.59 Å². The average Bonchev–Trinajstić information content (AvgIpc) is 2.69. The summed E-state index contributed by atoms with van der Waals surface area (Å²) in [6.07, 6.45) is 2.15. The Bertz CT molecular complexity index is 1030. The fourth-order valence-corrected chi connectivity index (χ4v) is 4.23. The SMILES string of the molecule is CC1=C(C(=O)Nc2ccc(C)cc2)[C@H](c2ccc(Cl)cc2)C2=C(CCCC2=O)N1. The van der Waals surface area contributed by atoms with Crippen molar-refractivity contribution >= 4 is 29.0 Å². The van der Waals surface area contributed by atoms with Gasteiger partial charge < -0.3 is 10.6 Å². The van der Waals surface area contributed by atoms with E-state index in [2.05, 4.69) is 10.6 Å². The number of hydrogen-bond donors (Lipinski definition) is 2. The number of rotatable bonds is 3. The first kappa shape index (κ1) is 19.5. The third-order valence-corrected chi connectivity index (χ3v) is 5.79. The molecule has 1 amide bonds. The highest BCUT2D eigenvalue weighted by Gasteiger charge is 2.38. The van der Waals surface area contributed by atoms with Crippen molar-refractivity contribution in [3.63, 3.8) is 0 Å². The van der Waals surface area contributed by atoms with Crippen molar-refractivity contribution in [1.82, 2.24) is 5.32 Å². The smallest absolute Gasteiger partial charge is 0.254 e. The summed E-state index contributed by atoms with van der Waals surface area (Å²) in [6.45, 7) is 3.90. The first-order valence-corrected chi connectivity index (χ1v) is 10.2. The van der Waals surface area contributed by atoms with Crippen LogP contribution >= 0.6 is 11.6 Å². The van der Waals surface area contributed by atoms with Gasteiger partial charge in [-0.3, -0.25) is 9.59 Å². The lowest BCUT2D eigenvalue weighted by atomic mass is 9.75. The van der Waals surface area contributed by atoms with E-state index in [1.807, 2.05) is 50.2 Å². The molecule has 0 spiro atoms. The van der Waals surface area contributed by atoms with E-state index in [-0.39, 0.29) is 11.7 Å². The number of halogens is 1. The van der Waals surface area contributed by atoms with Gasteiger partial charge in [-0.25, -0.2) is 0 Å². The Morgan fingerprint density at radius 3 is 2.41 bits per heavy atom. The number of carbonyl (C=O) groups is 2. The molecule has 0 radical (unpaired) electrons. The van der Waals surface area contributed by atoms with Gasteiger partial charge in [-0.15, -0.1) is 0 Å². The molecule has 4 rings (SSSR count). The van der Waals surface area contributed by atoms with Crippen LogP contribution in [0, 0.1) is 6.92 Å². The third-order valence-electron chi connectivity index (χ3n) is 5.53. The molecular weight excluding hydrogens is 384 g/mol. The second kappa shape index (κ2) is 7.88. The minimum atomic E-state index is -0.401. The van der Waals surface area contributed by atoms with Crippen LogP contribution in [0.2, 0.25) is 5.02 Å². The van der Waals surface area contributed by atoms with Gasteiger partial charge in [0.1, 0.15) is 0 Å². The summed E-state index contributed by atoms with van der Waals surface area (Å²) < 4.78 is 0. The molecule has 1 heterocycles. The van der Waals surface area contributed by atoms with Crippen LogP contribution in [0.25, 0.3) is 0 Å². The first-order chi connectivity index (χ1) is 13.9. The van der Waals surface area contributed by atoms with Gasteiger partial charge >= 0.3 is 0 Å². The lowest BCUT2D eigenvalue weighted by Gasteiger charge is -2.34. The molecule has 2 aromatic carbocycles. The van der Waals surface area contributed by atoms with Crippen molar-refractivity contribution in [2.45, 2.75) is 39.0 Å². The van der Waals surface area contributed by atoms with Gasteiger partial charge in [0.15, 0.2) is 5.78 Å². The molecule has 0 saturated heterocycles. The van der Waals surface area contributed by atoms with E-state index in [1.54, 1.807) is 12.1 Å². The highest BCUT2D eigenvalue weighted by atomic mass is 35.5. The summed E-state index contributed by atoms with van der Waals surface area (Å²) in [5.41, 5.74) is 5.74. The van der Waals surface area contributed by atoms with Gasteiger partial charge in [0.2, 0.25) is 0 Å². The number of carbonyl (C=O) groups excluding carboxylic acids is 2. The molecule has 29 heavy (non-hydrogen) atoms. The second-order valence-corrected chi connectivity index (χ2v) is 8.07. The number of nitrogens with one attached hydrogen (secondary N) is 2. The molecule has 0 fully saturated rings. The molecule has 0 aromatic heterocycles. The van der Waals surface area contributed by atoms with E-state index in [0.717, 1.165) is 41.1 Å². The summed E-state index contributed by atoms with van der Waals surface area (Å²) >= 11 is 6.08. The van der Waals surface area contributed by atoms with Crippen molar-refractivity contribution in [2.75, 3.05) is 5.32 Å². The Hall–Kier alpha value is -2.85. The van der Waals surface area contributed by atoms with Crippen LogP contribution in [0.15, 0.2) is 71.1 Å². The summed E-state index contributed by atoms with van der Waals surface area (Å²) in [5.74, 6) is -0.502. The summed E-state index contributed by atoms with van der Waals surface area (Å²) in [6, 6.07) is 15.1. The van der Waals surface area contributed by atoms with Gasteiger partial charge in [0, 0.05) is 45.6 Å². The molecule has 2 N–H and O–H groups in total. The summed E-state index contributed by atoms with van der Waals surface area (Å²) in [5, 5.41) is 6.95. The van der Waals surface area contributed by atoms with Crippen LogP contribution in [-0.4, -0.2) is 11.7 Å². The predicted octanol–water partition coefficient (Wildman–Crippen LogP) is 5.26. The fourth-order valence-electron chi connectivity index (χ4n) is 4.11.